The number of pyridine rings is 1. The molecule has 0 N–H and O–H groups in total. The number of amides is 1. The highest BCUT2D eigenvalue weighted by molar-refractivity contribution is 6.33. The van der Waals surface area contributed by atoms with Crippen molar-refractivity contribution >= 4 is 34.8 Å². The molecule has 6 heteroatoms. The second-order valence-corrected chi connectivity index (χ2v) is 4.84. The number of methoxy groups -OCH3 is 1. The fraction of sp³-hybridized carbons (Fsp3) is 0.143. The van der Waals surface area contributed by atoms with Gasteiger partial charge in [0.15, 0.2) is 0 Å². The molecule has 0 unspecified atom stereocenters. The predicted octanol–water partition coefficient (Wildman–Crippen LogP) is 3.67. The van der Waals surface area contributed by atoms with Gasteiger partial charge in [-0.25, -0.2) is 4.98 Å². The molecule has 1 aromatic heterocycles. The molecule has 104 valence electrons. The largest absolute Gasteiger partial charge is 0.497 e. The summed E-state index contributed by atoms with van der Waals surface area (Å²) in [5.74, 6) is 0.442. The maximum absolute atomic E-state index is 12.4. The molecular formula is C14H12Cl2N2O2. The summed E-state index contributed by atoms with van der Waals surface area (Å²) in [5.41, 5.74) is 1.08. The number of carbonyl (C=O) groups is 1. The van der Waals surface area contributed by atoms with Gasteiger partial charge in [-0.2, -0.15) is 0 Å². The number of anilines is 1. The van der Waals surface area contributed by atoms with E-state index in [0.29, 0.717) is 17.0 Å². The van der Waals surface area contributed by atoms with Crippen molar-refractivity contribution in [3.63, 3.8) is 0 Å². The van der Waals surface area contributed by atoms with E-state index in [1.54, 1.807) is 20.2 Å². The van der Waals surface area contributed by atoms with Gasteiger partial charge in [0.2, 0.25) is 0 Å². The van der Waals surface area contributed by atoms with Crippen molar-refractivity contribution in [2.75, 3.05) is 19.1 Å². The number of ether oxygens (including phenoxy) is 1. The average molecular weight is 311 g/mol. The van der Waals surface area contributed by atoms with Crippen LogP contribution in [-0.4, -0.2) is 25.0 Å². The van der Waals surface area contributed by atoms with Crippen LogP contribution in [0.3, 0.4) is 0 Å². The van der Waals surface area contributed by atoms with Crippen LogP contribution >= 0.6 is 23.2 Å². The van der Waals surface area contributed by atoms with Gasteiger partial charge in [-0.05, 0) is 24.3 Å². The summed E-state index contributed by atoms with van der Waals surface area (Å²) in [4.78, 5) is 17.7. The second-order valence-electron chi connectivity index (χ2n) is 4.07. The number of halogens is 2. The molecule has 0 aliphatic heterocycles. The number of carbonyl (C=O) groups excluding carboxylic acids is 1. The van der Waals surface area contributed by atoms with E-state index in [2.05, 4.69) is 4.98 Å². The molecule has 1 heterocycles. The zero-order valence-electron chi connectivity index (χ0n) is 10.9. The van der Waals surface area contributed by atoms with E-state index < -0.39 is 0 Å². The quantitative estimate of drug-likeness (QED) is 0.812. The van der Waals surface area contributed by atoms with Crippen LogP contribution in [0.2, 0.25) is 10.3 Å². The third-order valence-electron chi connectivity index (χ3n) is 2.76. The van der Waals surface area contributed by atoms with E-state index in [0.717, 1.165) is 0 Å². The Labute approximate surface area is 126 Å². The molecule has 0 radical (unpaired) electrons. The summed E-state index contributed by atoms with van der Waals surface area (Å²) in [6, 6.07) is 10.2. The molecular weight excluding hydrogens is 299 g/mol. The summed E-state index contributed by atoms with van der Waals surface area (Å²) in [6.07, 6.45) is 0. The number of rotatable bonds is 3. The van der Waals surface area contributed by atoms with E-state index >= 15 is 0 Å². The van der Waals surface area contributed by atoms with E-state index in [1.807, 2.05) is 18.2 Å². The van der Waals surface area contributed by atoms with Crippen molar-refractivity contribution < 1.29 is 9.53 Å². The first-order valence-corrected chi connectivity index (χ1v) is 6.52. The number of aromatic nitrogens is 1. The highest BCUT2D eigenvalue weighted by atomic mass is 35.5. The average Bonchev–Trinajstić information content (AvgIpc) is 2.44. The van der Waals surface area contributed by atoms with Crippen molar-refractivity contribution in [1.29, 1.82) is 0 Å². The Morgan fingerprint density at radius 1 is 1.20 bits per heavy atom. The van der Waals surface area contributed by atoms with Gasteiger partial charge >= 0.3 is 0 Å². The molecule has 4 nitrogen and oxygen atoms in total. The first-order valence-electron chi connectivity index (χ1n) is 5.76. The van der Waals surface area contributed by atoms with Crippen LogP contribution in [0.15, 0.2) is 36.4 Å². The van der Waals surface area contributed by atoms with Gasteiger partial charge in [-0.15, -0.1) is 0 Å². The van der Waals surface area contributed by atoms with Gasteiger partial charge in [0.1, 0.15) is 16.1 Å². The molecule has 0 spiro atoms. The second kappa shape index (κ2) is 6.11. The molecule has 0 fully saturated rings. The standard InChI is InChI=1S/C14H12Cl2N2O2/c1-18(10-4-3-5-11(8-10)20-2)14(19)9-6-12(15)17-13(16)7-9/h3-8H,1-2H3. The normalized spacial score (nSPS) is 10.2. The van der Waals surface area contributed by atoms with Crippen LogP contribution in [0.5, 0.6) is 5.75 Å². The molecule has 0 saturated heterocycles. The summed E-state index contributed by atoms with van der Waals surface area (Å²) < 4.78 is 5.14. The third-order valence-corrected chi connectivity index (χ3v) is 3.14. The van der Waals surface area contributed by atoms with Crippen LogP contribution in [0, 0.1) is 0 Å². The van der Waals surface area contributed by atoms with E-state index in [-0.39, 0.29) is 16.2 Å². The van der Waals surface area contributed by atoms with Gasteiger partial charge in [0.05, 0.1) is 7.11 Å². The molecule has 20 heavy (non-hydrogen) atoms. The lowest BCUT2D eigenvalue weighted by molar-refractivity contribution is 0.0993. The summed E-state index contributed by atoms with van der Waals surface area (Å²) in [6.45, 7) is 0. The lowest BCUT2D eigenvalue weighted by Crippen LogP contribution is -2.26. The smallest absolute Gasteiger partial charge is 0.258 e. The highest BCUT2D eigenvalue weighted by Crippen LogP contribution is 2.23. The molecule has 2 aromatic rings. The van der Waals surface area contributed by atoms with Gasteiger partial charge < -0.3 is 9.64 Å². The third kappa shape index (κ3) is 3.21. The van der Waals surface area contributed by atoms with Crippen LogP contribution in [0.1, 0.15) is 10.4 Å². The summed E-state index contributed by atoms with van der Waals surface area (Å²) >= 11 is 11.6. The van der Waals surface area contributed by atoms with Crippen molar-refractivity contribution in [1.82, 2.24) is 4.98 Å². The zero-order valence-corrected chi connectivity index (χ0v) is 12.4. The number of nitrogens with zero attached hydrogens (tertiary/aromatic N) is 2. The van der Waals surface area contributed by atoms with Gasteiger partial charge in [-0.1, -0.05) is 29.3 Å². The van der Waals surface area contributed by atoms with Gasteiger partial charge in [0.25, 0.3) is 5.91 Å². The first kappa shape index (κ1) is 14.6. The maximum atomic E-state index is 12.4. The number of benzene rings is 1. The molecule has 1 amide bonds. The predicted molar refractivity (Wildman–Crippen MR) is 80.0 cm³/mol. The summed E-state index contributed by atoms with van der Waals surface area (Å²) in [7, 11) is 3.24. The SMILES string of the molecule is COc1cccc(N(C)C(=O)c2cc(Cl)nc(Cl)c2)c1. The van der Waals surface area contributed by atoms with Gasteiger partial charge in [0, 0.05) is 24.4 Å². The number of hydrogen-bond acceptors (Lipinski definition) is 3. The Balaban J connectivity index is 2.31. The lowest BCUT2D eigenvalue weighted by atomic mass is 10.2. The van der Waals surface area contributed by atoms with Crippen LogP contribution in [0.4, 0.5) is 5.69 Å². The Morgan fingerprint density at radius 3 is 2.45 bits per heavy atom. The van der Waals surface area contributed by atoms with Crippen molar-refractivity contribution in [3.05, 3.63) is 52.3 Å². The fourth-order valence-electron chi connectivity index (χ4n) is 1.72. The molecule has 0 bridgehead atoms. The molecule has 0 aliphatic carbocycles. The lowest BCUT2D eigenvalue weighted by Gasteiger charge is -2.18. The Kier molecular flexibility index (Phi) is 4.47. The molecule has 2 rings (SSSR count). The minimum absolute atomic E-state index is 0.180. The fourth-order valence-corrected chi connectivity index (χ4v) is 2.18. The monoisotopic (exact) mass is 310 g/mol. The number of hydrogen-bond donors (Lipinski definition) is 0. The van der Waals surface area contributed by atoms with Crippen LogP contribution < -0.4 is 9.64 Å². The first-order chi connectivity index (χ1) is 9.51. The summed E-state index contributed by atoms with van der Waals surface area (Å²) in [5, 5.41) is 0.361. The van der Waals surface area contributed by atoms with Crippen molar-refractivity contribution in [2.45, 2.75) is 0 Å². The van der Waals surface area contributed by atoms with Crippen molar-refractivity contribution in [3.8, 4) is 5.75 Å². The molecule has 1 aromatic carbocycles. The minimum atomic E-state index is -0.232. The molecule has 0 saturated carbocycles. The molecule has 0 atom stereocenters. The topological polar surface area (TPSA) is 42.4 Å². The van der Waals surface area contributed by atoms with Gasteiger partial charge in [-0.3, -0.25) is 4.79 Å². The Morgan fingerprint density at radius 2 is 1.85 bits per heavy atom. The minimum Gasteiger partial charge on any atom is -0.497 e. The van der Waals surface area contributed by atoms with Crippen molar-refractivity contribution in [2.24, 2.45) is 0 Å². The Hall–Kier alpha value is -1.78. The highest BCUT2D eigenvalue weighted by Gasteiger charge is 2.15. The maximum Gasteiger partial charge on any atom is 0.258 e. The molecule has 0 aliphatic rings. The zero-order chi connectivity index (χ0) is 14.7. The van der Waals surface area contributed by atoms with Crippen LogP contribution in [0.25, 0.3) is 0 Å². The Bertz CT molecular complexity index is 627. The van der Waals surface area contributed by atoms with Crippen LogP contribution in [-0.2, 0) is 0 Å². The van der Waals surface area contributed by atoms with E-state index in [1.165, 1.54) is 17.0 Å². The van der Waals surface area contributed by atoms with E-state index in [9.17, 15) is 4.79 Å². The van der Waals surface area contributed by atoms with E-state index in [4.69, 9.17) is 27.9 Å².